The van der Waals surface area contributed by atoms with Crippen LogP contribution in [-0.2, 0) is 11.3 Å². The van der Waals surface area contributed by atoms with Crippen LogP contribution in [0.15, 0.2) is 24.3 Å². The molecule has 6 nitrogen and oxygen atoms in total. The highest BCUT2D eigenvalue weighted by atomic mass is 16.2. The van der Waals surface area contributed by atoms with Crippen LogP contribution in [-0.4, -0.2) is 37.0 Å². The van der Waals surface area contributed by atoms with Crippen LogP contribution in [0, 0.1) is 0 Å². The third-order valence-corrected chi connectivity index (χ3v) is 3.16. The van der Waals surface area contributed by atoms with E-state index in [2.05, 4.69) is 10.6 Å². The largest absolute Gasteiger partial charge is 0.359 e. The first-order chi connectivity index (χ1) is 9.47. The first-order valence-electron chi connectivity index (χ1n) is 6.51. The van der Waals surface area contributed by atoms with Gasteiger partial charge in [0.25, 0.3) is 0 Å². The molecular weight excluding hydrogens is 256 g/mol. The summed E-state index contributed by atoms with van der Waals surface area (Å²) in [7, 11) is 3.24. The van der Waals surface area contributed by atoms with Crippen molar-refractivity contribution >= 4 is 17.6 Å². The summed E-state index contributed by atoms with van der Waals surface area (Å²) >= 11 is 0. The second kappa shape index (κ2) is 7.49. The van der Waals surface area contributed by atoms with Gasteiger partial charge in [-0.1, -0.05) is 12.1 Å². The lowest BCUT2D eigenvalue weighted by Gasteiger charge is -2.24. The topological polar surface area (TPSA) is 87.5 Å². The van der Waals surface area contributed by atoms with Crippen molar-refractivity contribution in [1.82, 2.24) is 10.2 Å². The third-order valence-electron chi connectivity index (χ3n) is 3.16. The summed E-state index contributed by atoms with van der Waals surface area (Å²) in [5, 5.41) is 5.33. The van der Waals surface area contributed by atoms with Crippen LogP contribution in [0.25, 0.3) is 0 Å². The van der Waals surface area contributed by atoms with Crippen LogP contribution in [0.1, 0.15) is 18.9 Å². The van der Waals surface area contributed by atoms with E-state index in [0.29, 0.717) is 12.2 Å². The maximum Gasteiger partial charge on any atom is 0.321 e. The molecule has 0 aliphatic rings. The molecule has 0 fully saturated rings. The van der Waals surface area contributed by atoms with Gasteiger partial charge in [0.15, 0.2) is 0 Å². The molecule has 1 unspecified atom stereocenters. The molecule has 0 heterocycles. The molecule has 110 valence electrons. The van der Waals surface area contributed by atoms with E-state index in [-0.39, 0.29) is 24.4 Å². The highest BCUT2D eigenvalue weighted by Gasteiger charge is 2.18. The van der Waals surface area contributed by atoms with Gasteiger partial charge in [-0.05, 0) is 24.6 Å². The molecule has 1 atom stereocenters. The van der Waals surface area contributed by atoms with E-state index in [1.54, 1.807) is 20.2 Å². The summed E-state index contributed by atoms with van der Waals surface area (Å²) in [6, 6.07) is 6.92. The molecule has 0 aliphatic carbocycles. The van der Waals surface area contributed by atoms with Crippen LogP contribution in [0.4, 0.5) is 10.5 Å². The molecule has 1 aromatic rings. The van der Waals surface area contributed by atoms with Crippen LogP contribution in [0.3, 0.4) is 0 Å². The number of carbonyl (C=O) groups excluding carboxylic acids is 2. The van der Waals surface area contributed by atoms with Crippen molar-refractivity contribution in [2.24, 2.45) is 5.73 Å². The fourth-order valence-electron chi connectivity index (χ4n) is 1.70. The first-order valence-corrected chi connectivity index (χ1v) is 6.51. The fourth-order valence-corrected chi connectivity index (χ4v) is 1.70. The van der Waals surface area contributed by atoms with Gasteiger partial charge in [-0.3, -0.25) is 4.79 Å². The van der Waals surface area contributed by atoms with E-state index in [0.717, 1.165) is 5.56 Å². The average molecular weight is 278 g/mol. The number of hydrogen-bond acceptors (Lipinski definition) is 3. The van der Waals surface area contributed by atoms with E-state index in [1.165, 1.54) is 4.90 Å². The standard InChI is InChI=1S/C14H22N4O2/c1-10(7-13(19)16-2)18(3)14(20)17-12-6-4-5-11(8-12)9-15/h4-6,8,10H,7,9,15H2,1-3H3,(H,16,19)(H,17,20). The van der Waals surface area contributed by atoms with Gasteiger partial charge in [0.05, 0.1) is 0 Å². The van der Waals surface area contributed by atoms with Crippen molar-refractivity contribution in [3.63, 3.8) is 0 Å². The Kier molecular flexibility index (Phi) is 5.99. The third kappa shape index (κ3) is 4.55. The number of urea groups is 1. The number of nitrogens with zero attached hydrogens (tertiary/aromatic N) is 1. The van der Waals surface area contributed by atoms with Crippen LogP contribution in [0.5, 0.6) is 0 Å². The summed E-state index contributed by atoms with van der Waals surface area (Å²) in [5.74, 6) is -0.0951. The Bertz CT molecular complexity index is 476. The Labute approximate surface area is 119 Å². The predicted octanol–water partition coefficient (Wildman–Crippen LogP) is 1.13. The number of nitrogens with one attached hydrogen (secondary N) is 2. The molecule has 1 aromatic carbocycles. The van der Waals surface area contributed by atoms with Gasteiger partial charge < -0.3 is 21.3 Å². The SMILES string of the molecule is CNC(=O)CC(C)N(C)C(=O)Nc1cccc(CN)c1. The van der Waals surface area contributed by atoms with E-state index < -0.39 is 0 Å². The second-order valence-corrected chi connectivity index (χ2v) is 4.67. The molecule has 20 heavy (non-hydrogen) atoms. The van der Waals surface area contributed by atoms with Crippen molar-refractivity contribution in [1.29, 1.82) is 0 Å². The summed E-state index contributed by atoms with van der Waals surface area (Å²) < 4.78 is 0. The van der Waals surface area contributed by atoms with Gasteiger partial charge in [-0.25, -0.2) is 4.79 Å². The quantitative estimate of drug-likeness (QED) is 0.754. The Morgan fingerprint density at radius 2 is 2.10 bits per heavy atom. The van der Waals surface area contributed by atoms with E-state index in [4.69, 9.17) is 5.73 Å². The number of amides is 3. The minimum absolute atomic E-state index is 0.0951. The molecule has 0 saturated carbocycles. The molecule has 1 rings (SSSR count). The van der Waals surface area contributed by atoms with Crippen molar-refractivity contribution in [2.75, 3.05) is 19.4 Å². The summed E-state index contributed by atoms with van der Waals surface area (Å²) in [6.45, 7) is 2.25. The van der Waals surface area contributed by atoms with E-state index >= 15 is 0 Å². The summed E-state index contributed by atoms with van der Waals surface area (Å²) in [6.07, 6.45) is 0.267. The molecule has 4 N–H and O–H groups in total. The van der Waals surface area contributed by atoms with Crippen molar-refractivity contribution < 1.29 is 9.59 Å². The highest BCUT2D eigenvalue weighted by Crippen LogP contribution is 2.12. The minimum atomic E-state index is -0.254. The molecule has 0 aromatic heterocycles. The monoisotopic (exact) mass is 278 g/mol. The van der Waals surface area contributed by atoms with Crippen LogP contribution < -0.4 is 16.4 Å². The van der Waals surface area contributed by atoms with Crippen molar-refractivity contribution in [3.05, 3.63) is 29.8 Å². The molecule has 6 heteroatoms. The van der Waals surface area contributed by atoms with Crippen LogP contribution >= 0.6 is 0 Å². The molecule has 0 bridgehead atoms. The molecule has 0 aliphatic heterocycles. The fraction of sp³-hybridized carbons (Fsp3) is 0.429. The number of hydrogen-bond donors (Lipinski definition) is 3. The smallest absolute Gasteiger partial charge is 0.321 e. The number of nitrogens with two attached hydrogens (primary N) is 1. The second-order valence-electron chi connectivity index (χ2n) is 4.67. The normalized spacial score (nSPS) is 11.6. The van der Waals surface area contributed by atoms with Gasteiger partial charge in [-0.2, -0.15) is 0 Å². The van der Waals surface area contributed by atoms with E-state index in [1.807, 2.05) is 25.1 Å². The Hall–Kier alpha value is -2.08. The Morgan fingerprint density at radius 3 is 2.70 bits per heavy atom. The first kappa shape index (κ1) is 16.0. The number of benzene rings is 1. The maximum atomic E-state index is 12.1. The zero-order valence-electron chi connectivity index (χ0n) is 12.1. The number of anilines is 1. The zero-order chi connectivity index (χ0) is 15.1. The lowest BCUT2D eigenvalue weighted by molar-refractivity contribution is -0.121. The molecule has 0 spiro atoms. The minimum Gasteiger partial charge on any atom is -0.359 e. The molecule has 0 saturated heterocycles. The predicted molar refractivity (Wildman–Crippen MR) is 79.3 cm³/mol. The molecule has 3 amide bonds. The average Bonchev–Trinajstić information content (AvgIpc) is 2.46. The van der Waals surface area contributed by atoms with Gasteiger partial charge in [0.1, 0.15) is 0 Å². The van der Waals surface area contributed by atoms with E-state index in [9.17, 15) is 9.59 Å². The van der Waals surface area contributed by atoms with Gasteiger partial charge in [0.2, 0.25) is 5.91 Å². The van der Waals surface area contributed by atoms with Gasteiger partial charge in [0, 0.05) is 38.8 Å². The number of carbonyl (C=O) groups is 2. The van der Waals surface area contributed by atoms with Crippen molar-refractivity contribution in [2.45, 2.75) is 25.9 Å². The molecule has 0 radical (unpaired) electrons. The summed E-state index contributed by atoms with van der Waals surface area (Å²) in [4.78, 5) is 24.9. The zero-order valence-corrected chi connectivity index (χ0v) is 12.1. The number of rotatable bonds is 5. The Balaban J connectivity index is 2.62. The molecular formula is C14H22N4O2. The lowest BCUT2D eigenvalue weighted by Crippen LogP contribution is -2.40. The van der Waals surface area contributed by atoms with Crippen LogP contribution in [0.2, 0.25) is 0 Å². The van der Waals surface area contributed by atoms with Gasteiger partial charge in [-0.15, -0.1) is 0 Å². The Morgan fingerprint density at radius 1 is 1.40 bits per heavy atom. The summed E-state index contributed by atoms with van der Waals surface area (Å²) in [5.41, 5.74) is 7.20. The maximum absolute atomic E-state index is 12.1. The highest BCUT2D eigenvalue weighted by molar-refractivity contribution is 5.89. The van der Waals surface area contributed by atoms with Crippen molar-refractivity contribution in [3.8, 4) is 0 Å². The van der Waals surface area contributed by atoms with Gasteiger partial charge >= 0.3 is 6.03 Å². The lowest BCUT2D eigenvalue weighted by atomic mass is 10.2.